The lowest BCUT2D eigenvalue weighted by Gasteiger charge is -2.07. The predicted molar refractivity (Wildman–Crippen MR) is 80.2 cm³/mol. The van der Waals surface area contributed by atoms with Gasteiger partial charge in [0.1, 0.15) is 17.1 Å². The summed E-state index contributed by atoms with van der Waals surface area (Å²) in [4.78, 5) is 11.5. The van der Waals surface area contributed by atoms with Crippen LogP contribution in [0.5, 0.6) is 5.75 Å². The minimum Gasteiger partial charge on any atom is -0.505 e. The fourth-order valence-electron chi connectivity index (χ4n) is 1.80. The molecular weight excluding hydrogens is 317 g/mol. The van der Waals surface area contributed by atoms with Crippen molar-refractivity contribution in [1.82, 2.24) is 0 Å². The third-order valence-electron chi connectivity index (χ3n) is 2.86. The van der Waals surface area contributed by atoms with Gasteiger partial charge in [-0.25, -0.2) is 4.79 Å². The largest absolute Gasteiger partial charge is 0.505 e. The topological polar surface area (TPSA) is 71.7 Å². The van der Waals surface area contributed by atoms with Gasteiger partial charge >= 0.3 is 5.97 Å². The third kappa shape index (κ3) is 3.43. The van der Waals surface area contributed by atoms with E-state index < -0.39 is 5.97 Å². The molecule has 0 saturated heterocycles. The lowest BCUT2D eigenvalue weighted by atomic mass is 10.2. The molecule has 0 unspecified atom stereocenters. The number of aromatic hydroxyl groups is 1. The van der Waals surface area contributed by atoms with Gasteiger partial charge in [-0.3, -0.25) is 0 Å². The van der Waals surface area contributed by atoms with Crippen molar-refractivity contribution in [3.05, 3.63) is 45.3 Å². The molecule has 1 aromatic heterocycles. The van der Waals surface area contributed by atoms with Gasteiger partial charge in [0.15, 0.2) is 5.75 Å². The smallest absolute Gasteiger partial charge is 0.341 e. The van der Waals surface area contributed by atoms with E-state index in [0.29, 0.717) is 29.3 Å². The van der Waals surface area contributed by atoms with E-state index >= 15 is 0 Å². The number of rotatable bonds is 4. The standard InChI is InChI=1S/C14H13Cl2NO4/c1-7-10(14(19)20-2)5-9(21-7)6-17-8-3-11(15)13(18)12(16)4-8/h3-5,17-18H,6H2,1-2H3. The highest BCUT2D eigenvalue weighted by Crippen LogP contribution is 2.34. The van der Waals surface area contributed by atoms with Crippen LogP contribution in [-0.2, 0) is 11.3 Å². The predicted octanol–water partition coefficient (Wildman–Crippen LogP) is 4.00. The SMILES string of the molecule is COC(=O)c1cc(CNc2cc(Cl)c(O)c(Cl)c2)oc1C. The first kappa shape index (κ1) is 15.5. The van der Waals surface area contributed by atoms with Gasteiger partial charge in [0.2, 0.25) is 0 Å². The quantitative estimate of drug-likeness (QED) is 0.655. The normalized spacial score (nSPS) is 10.5. The number of ether oxygens (including phenoxy) is 1. The molecule has 2 aromatic rings. The first-order valence-corrected chi connectivity index (χ1v) is 6.77. The van der Waals surface area contributed by atoms with Crippen molar-refractivity contribution >= 4 is 34.9 Å². The number of phenolic OH excluding ortho intramolecular Hbond substituents is 1. The summed E-state index contributed by atoms with van der Waals surface area (Å²) in [5.41, 5.74) is 1.01. The van der Waals surface area contributed by atoms with Crippen LogP contribution in [-0.4, -0.2) is 18.2 Å². The average molecular weight is 330 g/mol. The van der Waals surface area contributed by atoms with Crippen molar-refractivity contribution < 1.29 is 19.1 Å². The Morgan fingerprint density at radius 3 is 2.52 bits per heavy atom. The second kappa shape index (κ2) is 6.28. The summed E-state index contributed by atoms with van der Waals surface area (Å²) in [6, 6.07) is 4.69. The number of nitrogens with one attached hydrogen (secondary N) is 1. The lowest BCUT2D eigenvalue weighted by molar-refractivity contribution is 0.0599. The Morgan fingerprint density at radius 2 is 1.95 bits per heavy atom. The van der Waals surface area contributed by atoms with Crippen LogP contribution in [0.2, 0.25) is 10.0 Å². The molecule has 112 valence electrons. The fourth-order valence-corrected chi connectivity index (χ4v) is 2.29. The van der Waals surface area contributed by atoms with E-state index in [9.17, 15) is 9.90 Å². The van der Waals surface area contributed by atoms with Gasteiger partial charge in [-0.1, -0.05) is 23.2 Å². The first-order chi connectivity index (χ1) is 9.92. The zero-order chi connectivity index (χ0) is 15.6. The Morgan fingerprint density at radius 1 is 1.33 bits per heavy atom. The Labute approximate surface area is 131 Å². The monoisotopic (exact) mass is 329 g/mol. The second-order valence-electron chi connectivity index (χ2n) is 4.32. The highest BCUT2D eigenvalue weighted by molar-refractivity contribution is 6.37. The van der Waals surface area contributed by atoms with Crippen LogP contribution in [0.25, 0.3) is 0 Å². The lowest BCUT2D eigenvalue weighted by Crippen LogP contribution is -2.01. The summed E-state index contributed by atoms with van der Waals surface area (Å²) in [7, 11) is 1.31. The Hall–Kier alpha value is -1.85. The molecule has 5 nitrogen and oxygen atoms in total. The maximum Gasteiger partial charge on any atom is 0.341 e. The maximum atomic E-state index is 11.5. The summed E-state index contributed by atoms with van der Waals surface area (Å²) < 4.78 is 10.1. The Balaban J connectivity index is 2.12. The number of phenols is 1. The first-order valence-electron chi connectivity index (χ1n) is 6.02. The number of halogens is 2. The number of carbonyl (C=O) groups is 1. The number of hydrogen-bond donors (Lipinski definition) is 2. The fraction of sp³-hybridized carbons (Fsp3) is 0.214. The number of methoxy groups -OCH3 is 1. The van der Waals surface area contributed by atoms with Crippen molar-refractivity contribution in [2.45, 2.75) is 13.5 Å². The molecule has 0 spiro atoms. The average Bonchev–Trinajstić information content (AvgIpc) is 2.82. The zero-order valence-electron chi connectivity index (χ0n) is 11.4. The van der Waals surface area contributed by atoms with E-state index in [1.807, 2.05) is 0 Å². The number of hydrogen-bond acceptors (Lipinski definition) is 5. The Kier molecular flexibility index (Phi) is 4.65. The van der Waals surface area contributed by atoms with Gasteiger partial charge < -0.3 is 19.6 Å². The maximum absolute atomic E-state index is 11.5. The van der Waals surface area contributed by atoms with Gasteiger partial charge in [0, 0.05) is 5.69 Å². The van der Waals surface area contributed by atoms with Crippen LogP contribution in [0.15, 0.2) is 22.6 Å². The van der Waals surface area contributed by atoms with Gasteiger partial charge in [0.05, 0.1) is 23.7 Å². The summed E-state index contributed by atoms with van der Waals surface area (Å²) in [6.07, 6.45) is 0. The third-order valence-corrected chi connectivity index (χ3v) is 3.43. The van der Waals surface area contributed by atoms with Crippen molar-refractivity contribution in [1.29, 1.82) is 0 Å². The van der Waals surface area contributed by atoms with Crippen LogP contribution < -0.4 is 5.32 Å². The molecule has 0 atom stereocenters. The summed E-state index contributed by atoms with van der Waals surface area (Å²) in [6.45, 7) is 2.01. The van der Waals surface area contributed by atoms with Crippen molar-refractivity contribution in [3.8, 4) is 5.75 Å². The summed E-state index contributed by atoms with van der Waals surface area (Å²) >= 11 is 11.7. The zero-order valence-corrected chi connectivity index (χ0v) is 12.9. The molecule has 0 bridgehead atoms. The number of carbonyl (C=O) groups excluding carboxylic acids is 1. The van der Waals surface area contributed by atoms with E-state index in [2.05, 4.69) is 10.1 Å². The molecule has 2 N–H and O–H groups in total. The van der Waals surface area contributed by atoms with Gasteiger partial charge in [-0.15, -0.1) is 0 Å². The van der Waals surface area contributed by atoms with Gasteiger partial charge in [-0.05, 0) is 25.1 Å². The van der Waals surface area contributed by atoms with Crippen LogP contribution in [0.4, 0.5) is 5.69 Å². The number of benzene rings is 1. The van der Waals surface area contributed by atoms with E-state index in [1.165, 1.54) is 7.11 Å². The van der Waals surface area contributed by atoms with Crippen molar-refractivity contribution in [3.63, 3.8) is 0 Å². The van der Waals surface area contributed by atoms with Gasteiger partial charge in [-0.2, -0.15) is 0 Å². The second-order valence-corrected chi connectivity index (χ2v) is 5.13. The molecule has 0 saturated carbocycles. The van der Waals surface area contributed by atoms with E-state index in [1.54, 1.807) is 25.1 Å². The summed E-state index contributed by atoms with van der Waals surface area (Å²) in [5.74, 6) is 0.442. The van der Waals surface area contributed by atoms with Crippen molar-refractivity contribution in [2.75, 3.05) is 12.4 Å². The molecular formula is C14H13Cl2NO4. The van der Waals surface area contributed by atoms with E-state index in [0.717, 1.165) is 0 Å². The highest BCUT2D eigenvalue weighted by atomic mass is 35.5. The molecule has 7 heteroatoms. The number of aryl methyl sites for hydroxylation is 1. The highest BCUT2D eigenvalue weighted by Gasteiger charge is 2.15. The number of furan rings is 1. The molecule has 21 heavy (non-hydrogen) atoms. The molecule has 2 rings (SSSR count). The van der Waals surface area contributed by atoms with E-state index in [4.69, 9.17) is 27.6 Å². The van der Waals surface area contributed by atoms with Crippen LogP contribution in [0.1, 0.15) is 21.9 Å². The molecule has 0 radical (unpaired) electrons. The Bertz CT molecular complexity index is 659. The number of anilines is 1. The van der Waals surface area contributed by atoms with Crippen molar-refractivity contribution in [2.24, 2.45) is 0 Å². The molecule has 1 heterocycles. The molecule has 0 aliphatic heterocycles. The summed E-state index contributed by atoms with van der Waals surface area (Å²) in [5, 5.41) is 12.8. The molecule has 1 aromatic carbocycles. The van der Waals surface area contributed by atoms with Crippen LogP contribution in [0.3, 0.4) is 0 Å². The number of esters is 1. The minimum absolute atomic E-state index is 0.149. The van der Waals surface area contributed by atoms with Crippen LogP contribution >= 0.6 is 23.2 Å². The molecule has 0 aliphatic carbocycles. The van der Waals surface area contributed by atoms with E-state index in [-0.39, 0.29) is 15.8 Å². The molecule has 0 aliphatic rings. The van der Waals surface area contributed by atoms with Crippen LogP contribution in [0, 0.1) is 6.92 Å². The van der Waals surface area contributed by atoms with Gasteiger partial charge in [0.25, 0.3) is 0 Å². The minimum atomic E-state index is -0.446. The molecule has 0 amide bonds. The molecule has 0 fully saturated rings.